The topological polar surface area (TPSA) is 61.8 Å². The van der Waals surface area contributed by atoms with Crippen LogP contribution in [0.5, 0.6) is 0 Å². The van der Waals surface area contributed by atoms with Crippen LogP contribution >= 0.6 is 0 Å². The molecule has 0 amide bonds. The highest BCUT2D eigenvalue weighted by Gasteiger charge is 2.14. The summed E-state index contributed by atoms with van der Waals surface area (Å²) in [6.07, 6.45) is 4.47. The lowest BCUT2D eigenvalue weighted by Crippen LogP contribution is -2.39. The van der Waals surface area contributed by atoms with E-state index >= 15 is 0 Å². The van der Waals surface area contributed by atoms with E-state index in [4.69, 9.17) is 0 Å². The molecule has 0 unspecified atom stereocenters. The Morgan fingerprint density at radius 1 is 1.22 bits per heavy atom. The van der Waals surface area contributed by atoms with Crippen LogP contribution in [0.2, 0.25) is 0 Å². The maximum atomic E-state index is 12.3. The van der Waals surface area contributed by atoms with Crippen molar-refractivity contribution in [1.82, 2.24) is 18.7 Å². The fourth-order valence-electron chi connectivity index (χ4n) is 2.11. The van der Waals surface area contributed by atoms with E-state index in [1.807, 2.05) is 0 Å². The highest BCUT2D eigenvalue weighted by atomic mass is 16.2. The highest BCUT2D eigenvalue weighted by molar-refractivity contribution is 5.69. The second-order valence-corrected chi connectivity index (χ2v) is 4.53. The first kappa shape index (κ1) is 12.6. The minimum atomic E-state index is -0.290. The van der Waals surface area contributed by atoms with Gasteiger partial charge < -0.3 is 4.57 Å². The van der Waals surface area contributed by atoms with Gasteiger partial charge in [-0.05, 0) is 6.42 Å². The van der Waals surface area contributed by atoms with Crippen LogP contribution in [0.3, 0.4) is 0 Å². The van der Waals surface area contributed by atoms with Gasteiger partial charge in [-0.2, -0.15) is 0 Å². The van der Waals surface area contributed by atoms with E-state index in [1.54, 1.807) is 25.0 Å². The lowest BCUT2D eigenvalue weighted by Gasteiger charge is -2.08. The van der Waals surface area contributed by atoms with Gasteiger partial charge in [-0.1, -0.05) is 19.8 Å². The molecule has 2 rings (SSSR count). The van der Waals surface area contributed by atoms with E-state index in [1.165, 1.54) is 9.13 Å². The van der Waals surface area contributed by atoms with Gasteiger partial charge in [0.1, 0.15) is 0 Å². The number of imidazole rings is 1. The third-order valence-corrected chi connectivity index (χ3v) is 3.19. The van der Waals surface area contributed by atoms with Crippen LogP contribution in [-0.2, 0) is 20.6 Å². The predicted octanol–water partition coefficient (Wildman–Crippen LogP) is 0.624. The third kappa shape index (κ3) is 1.87. The van der Waals surface area contributed by atoms with Crippen molar-refractivity contribution in [3.63, 3.8) is 0 Å². The highest BCUT2D eigenvalue weighted by Crippen LogP contribution is 2.03. The SMILES string of the molecule is CCCCCn1c(=O)c2c(ncn2C)n(C)c1=O. The number of aryl methyl sites for hydroxylation is 2. The van der Waals surface area contributed by atoms with Gasteiger partial charge in [-0.25, -0.2) is 9.78 Å². The van der Waals surface area contributed by atoms with Crippen LogP contribution in [0.4, 0.5) is 0 Å². The molecule has 0 atom stereocenters. The molecule has 0 saturated heterocycles. The van der Waals surface area contributed by atoms with Crippen LogP contribution in [0.15, 0.2) is 15.9 Å². The molecule has 0 spiro atoms. The molecular weight excluding hydrogens is 232 g/mol. The van der Waals surface area contributed by atoms with E-state index in [-0.39, 0.29) is 11.2 Å². The van der Waals surface area contributed by atoms with Crippen molar-refractivity contribution in [3.8, 4) is 0 Å². The van der Waals surface area contributed by atoms with Crippen LogP contribution in [0, 0.1) is 0 Å². The largest absolute Gasteiger partial charge is 0.332 e. The summed E-state index contributed by atoms with van der Waals surface area (Å²) in [6, 6.07) is 0. The molecular formula is C12H18N4O2. The first-order chi connectivity index (χ1) is 8.57. The third-order valence-electron chi connectivity index (χ3n) is 3.19. The standard InChI is InChI=1S/C12H18N4O2/c1-4-5-6-7-16-11(17)9-10(13-8-14(9)2)15(3)12(16)18/h8H,4-7H2,1-3H3. The number of hydrogen-bond donors (Lipinski definition) is 0. The van der Waals surface area contributed by atoms with E-state index in [0.717, 1.165) is 19.3 Å². The molecule has 0 aliphatic heterocycles. The monoisotopic (exact) mass is 250 g/mol. The summed E-state index contributed by atoms with van der Waals surface area (Å²) >= 11 is 0. The van der Waals surface area contributed by atoms with Crippen LogP contribution < -0.4 is 11.2 Å². The first-order valence-corrected chi connectivity index (χ1v) is 6.18. The van der Waals surface area contributed by atoms with Gasteiger partial charge in [-0.3, -0.25) is 13.9 Å². The molecule has 0 fully saturated rings. The Morgan fingerprint density at radius 2 is 1.94 bits per heavy atom. The molecule has 0 aliphatic carbocycles. The van der Waals surface area contributed by atoms with Gasteiger partial charge in [0.2, 0.25) is 0 Å². The molecule has 0 bridgehead atoms. The molecule has 2 aromatic rings. The van der Waals surface area contributed by atoms with Crippen molar-refractivity contribution < 1.29 is 0 Å². The molecule has 2 heterocycles. The zero-order valence-corrected chi connectivity index (χ0v) is 11.0. The Hall–Kier alpha value is -1.85. The molecule has 0 radical (unpaired) electrons. The van der Waals surface area contributed by atoms with Crippen LogP contribution in [-0.4, -0.2) is 18.7 Å². The van der Waals surface area contributed by atoms with Crippen LogP contribution in [0.1, 0.15) is 26.2 Å². The second kappa shape index (κ2) is 4.80. The minimum Gasteiger partial charge on any atom is -0.328 e. The molecule has 6 nitrogen and oxygen atoms in total. The Morgan fingerprint density at radius 3 is 2.61 bits per heavy atom. The van der Waals surface area contributed by atoms with Crippen molar-refractivity contribution in [2.45, 2.75) is 32.7 Å². The van der Waals surface area contributed by atoms with Gasteiger partial charge in [0.05, 0.1) is 6.33 Å². The number of nitrogens with zero attached hydrogens (tertiary/aromatic N) is 4. The fourth-order valence-corrected chi connectivity index (χ4v) is 2.11. The maximum absolute atomic E-state index is 12.3. The first-order valence-electron chi connectivity index (χ1n) is 6.18. The molecule has 0 saturated carbocycles. The number of aromatic nitrogens is 4. The number of hydrogen-bond acceptors (Lipinski definition) is 3. The number of fused-ring (bicyclic) bond motifs is 1. The molecule has 0 N–H and O–H groups in total. The van der Waals surface area contributed by atoms with Gasteiger partial charge in [-0.15, -0.1) is 0 Å². The van der Waals surface area contributed by atoms with E-state index in [9.17, 15) is 9.59 Å². The number of unbranched alkanes of at least 4 members (excludes halogenated alkanes) is 2. The zero-order chi connectivity index (χ0) is 13.3. The summed E-state index contributed by atoms with van der Waals surface area (Å²) in [5, 5.41) is 0. The average Bonchev–Trinajstić information content (AvgIpc) is 2.73. The Bertz CT molecular complexity index is 678. The normalized spacial score (nSPS) is 11.3. The second-order valence-electron chi connectivity index (χ2n) is 4.53. The van der Waals surface area contributed by atoms with Gasteiger partial charge in [0.25, 0.3) is 5.56 Å². The number of rotatable bonds is 4. The molecule has 2 aromatic heterocycles. The molecule has 0 aromatic carbocycles. The summed E-state index contributed by atoms with van der Waals surface area (Å²) in [7, 11) is 3.41. The predicted molar refractivity (Wildman–Crippen MR) is 69.7 cm³/mol. The van der Waals surface area contributed by atoms with Crippen LogP contribution in [0.25, 0.3) is 11.2 Å². The summed E-state index contributed by atoms with van der Waals surface area (Å²) in [4.78, 5) is 28.4. The smallest absolute Gasteiger partial charge is 0.328 e. The summed E-state index contributed by atoms with van der Waals surface area (Å²) in [5.74, 6) is 0. The molecule has 0 aliphatic rings. The average molecular weight is 250 g/mol. The van der Waals surface area contributed by atoms with Gasteiger partial charge in [0.15, 0.2) is 11.2 Å². The van der Waals surface area contributed by atoms with Crippen molar-refractivity contribution >= 4 is 11.2 Å². The molecule has 18 heavy (non-hydrogen) atoms. The molecule has 98 valence electrons. The quantitative estimate of drug-likeness (QED) is 0.747. The summed E-state index contributed by atoms with van der Waals surface area (Å²) in [6.45, 7) is 2.56. The van der Waals surface area contributed by atoms with E-state index in [0.29, 0.717) is 17.7 Å². The van der Waals surface area contributed by atoms with E-state index in [2.05, 4.69) is 11.9 Å². The van der Waals surface area contributed by atoms with Gasteiger partial charge in [0, 0.05) is 20.6 Å². The summed E-state index contributed by atoms with van der Waals surface area (Å²) < 4.78 is 4.40. The Kier molecular flexibility index (Phi) is 3.36. The van der Waals surface area contributed by atoms with Crippen molar-refractivity contribution in [1.29, 1.82) is 0 Å². The minimum absolute atomic E-state index is 0.246. The van der Waals surface area contributed by atoms with Crippen molar-refractivity contribution in [3.05, 3.63) is 27.2 Å². The van der Waals surface area contributed by atoms with E-state index < -0.39 is 0 Å². The Labute approximate surface area is 104 Å². The van der Waals surface area contributed by atoms with Gasteiger partial charge >= 0.3 is 5.69 Å². The fraction of sp³-hybridized carbons (Fsp3) is 0.583. The summed E-state index contributed by atoms with van der Waals surface area (Å²) in [5.41, 5.74) is 0.388. The Balaban J connectivity index is 2.62. The van der Waals surface area contributed by atoms with Crippen molar-refractivity contribution in [2.75, 3.05) is 0 Å². The maximum Gasteiger partial charge on any atom is 0.332 e. The zero-order valence-electron chi connectivity index (χ0n) is 11.0. The lowest BCUT2D eigenvalue weighted by molar-refractivity contribution is 0.549. The van der Waals surface area contributed by atoms with Crippen molar-refractivity contribution in [2.24, 2.45) is 14.1 Å². The molecule has 6 heteroatoms. The lowest BCUT2D eigenvalue weighted by atomic mass is 10.2.